The molecule has 0 aliphatic heterocycles. The molecule has 66 valence electrons. The summed E-state index contributed by atoms with van der Waals surface area (Å²) in [6, 6.07) is 0. The van der Waals surface area contributed by atoms with Gasteiger partial charge in [0.2, 0.25) is 0 Å². The van der Waals surface area contributed by atoms with Crippen molar-refractivity contribution in [2.45, 2.75) is 13.8 Å². The van der Waals surface area contributed by atoms with Crippen LogP contribution in [0.3, 0.4) is 0 Å². The molecule has 2 nitrogen and oxygen atoms in total. The van der Waals surface area contributed by atoms with E-state index < -0.39 is 0 Å². The summed E-state index contributed by atoms with van der Waals surface area (Å²) < 4.78 is 0. The lowest BCUT2D eigenvalue weighted by atomic mass is 10.2. The van der Waals surface area contributed by atoms with Gasteiger partial charge in [0.1, 0.15) is 5.82 Å². The second kappa shape index (κ2) is 4.32. The number of allylic oxidation sites excluding steroid dienone is 4. The minimum Gasteiger partial charge on any atom is -0.342 e. The SMILES string of the molecule is C#C/C=C(\C=C/C)c1cnc(C)[nH]1. The number of terminal acetylenes is 1. The molecule has 0 aromatic carbocycles. The number of imidazole rings is 1. The van der Waals surface area contributed by atoms with E-state index in [1.54, 1.807) is 12.3 Å². The molecule has 0 aliphatic carbocycles. The number of hydrogen-bond donors (Lipinski definition) is 1. The molecule has 0 saturated carbocycles. The van der Waals surface area contributed by atoms with Crippen molar-refractivity contribution in [3.63, 3.8) is 0 Å². The summed E-state index contributed by atoms with van der Waals surface area (Å²) in [6.45, 7) is 3.86. The zero-order valence-electron chi connectivity index (χ0n) is 7.83. The molecular formula is C11H12N2. The Balaban J connectivity index is 3.04. The van der Waals surface area contributed by atoms with E-state index in [4.69, 9.17) is 6.42 Å². The summed E-state index contributed by atoms with van der Waals surface area (Å²) in [6.07, 6.45) is 12.6. The Bertz CT molecular complexity index is 375. The Labute approximate surface area is 78.4 Å². The van der Waals surface area contributed by atoms with Crippen LogP contribution in [0.15, 0.2) is 24.4 Å². The number of aromatic nitrogens is 2. The molecule has 0 aliphatic rings. The molecule has 0 fully saturated rings. The predicted octanol–water partition coefficient (Wildman–Crippen LogP) is 2.31. The van der Waals surface area contributed by atoms with Crippen molar-refractivity contribution in [2.75, 3.05) is 0 Å². The third-order valence-corrected chi connectivity index (χ3v) is 1.60. The summed E-state index contributed by atoms with van der Waals surface area (Å²) in [5, 5.41) is 0. The van der Waals surface area contributed by atoms with Gasteiger partial charge in [0, 0.05) is 5.57 Å². The van der Waals surface area contributed by atoms with Crippen LogP contribution in [0, 0.1) is 19.3 Å². The first-order valence-corrected chi connectivity index (χ1v) is 4.09. The van der Waals surface area contributed by atoms with Crippen LogP contribution in [0.2, 0.25) is 0 Å². The zero-order chi connectivity index (χ0) is 9.68. The van der Waals surface area contributed by atoms with Gasteiger partial charge in [0.05, 0.1) is 11.9 Å². The maximum absolute atomic E-state index is 5.21. The highest BCUT2D eigenvalue weighted by Crippen LogP contribution is 2.12. The van der Waals surface area contributed by atoms with Crippen molar-refractivity contribution >= 4 is 5.57 Å². The van der Waals surface area contributed by atoms with Crippen molar-refractivity contribution in [2.24, 2.45) is 0 Å². The normalized spacial score (nSPS) is 11.9. The average Bonchev–Trinajstić information content (AvgIpc) is 2.51. The molecule has 13 heavy (non-hydrogen) atoms. The van der Waals surface area contributed by atoms with E-state index >= 15 is 0 Å². The van der Waals surface area contributed by atoms with Crippen LogP contribution in [0.5, 0.6) is 0 Å². The molecule has 0 bridgehead atoms. The molecule has 1 aromatic heterocycles. The van der Waals surface area contributed by atoms with E-state index in [9.17, 15) is 0 Å². The average molecular weight is 172 g/mol. The van der Waals surface area contributed by atoms with Crippen molar-refractivity contribution in [3.05, 3.63) is 35.9 Å². The first kappa shape index (κ1) is 9.34. The van der Waals surface area contributed by atoms with Crippen molar-refractivity contribution in [3.8, 4) is 12.3 Å². The summed E-state index contributed by atoms with van der Waals surface area (Å²) in [5.74, 6) is 3.39. The van der Waals surface area contributed by atoms with Gasteiger partial charge in [-0.05, 0) is 19.9 Å². The molecule has 2 heteroatoms. The fourth-order valence-corrected chi connectivity index (χ4v) is 1.05. The van der Waals surface area contributed by atoms with Crippen molar-refractivity contribution < 1.29 is 0 Å². The maximum atomic E-state index is 5.21. The highest BCUT2D eigenvalue weighted by Gasteiger charge is 1.99. The quantitative estimate of drug-likeness (QED) is 0.538. The second-order valence-electron chi connectivity index (χ2n) is 2.65. The smallest absolute Gasteiger partial charge is 0.103 e. The van der Waals surface area contributed by atoms with E-state index in [0.29, 0.717) is 0 Å². The van der Waals surface area contributed by atoms with Gasteiger partial charge in [0.25, 0.3) is 0 Å². The number of H-pyrrole nitrogens is 1. The number of aryl methyl sites for hydroxylation is 1. The van der Waals surface area contributed by atoms with Gasteiger partial charge in [-0.25, -0.2) is 4.98 Å². The summed E-state index contributed by atoms with van der Waals surface area (Å²) in [7, 11) is 0. The Morgan fingerprint density at radius 2 is 2.46 bits per heavy atom. The lowest BCUT2D eigenvalue weighted by Gasteiger charge is -1.94. The first-order valence-electron chi connectivity index (χ1n) is 4.09. The lowest BCUT2D eigenvalue weighted by Crippen LogP contribution is -1.80. The molecule has 1 rings (SSSR count). The zero-order valence-corrected chi connectivity index (χ0v) is 7.83. The summed E-state index contributed by atoms with van der Waals surface area (Å²) >= 11 is 0. The number of nitrogens with one attached hydrogen (secondary N) is 1. The monoisotopic (exact) mass is 172 g/mol. The maximum Gasteiger partial charge on any atom is 0.103 e. The third-order valence-electron chi connectivity index (χ3n) is 1.60. The summed E-state index contributed by atoms with van der Waals surface area (Å²) in [4.78, 5) is 7.22. The van der Waals surface area contributed by atoms with Crippen LogP contribution in [0.4, 0.5) is 0 Å². The number of rotatable bonds is 2. The molecule has 1 N–H and O–H groups in total. The largest absolute Gasteiger partial charge is 0.342 e. The van der Waals surface area contributed by atoms with Gasteiger partial charge in [-0.1, -0.05) is 18.1 Å². The van der Waals surface area contributed by atoms with E-state index in [2.05, 4.69) is 15.9 Å². The van der Waals surface area contributed by atoms with Gasteiger partial charge in [-0.2, -0.15) is 0 Å². The Kier molecular flexibility index (Phi) is 3.10. The molecule has 0 radical (unpaired) electrons. The molecule has 0 saturated heterocycles. The minimum atomic E-state index is 0.891. The summed E-state index contributed by atoms with van der Waals surface area (Å²) in [5.41, 5.74) is 1.93. The highest BCUT2D eigenvalue weighted by molar-refractivity contribution is 5.73. The van der Waals surface area contributed by atoms with E-state index in [1.165, 1.54) is 0 Å². The van der Waals surface area contributed by atoms with Gasteiger partial charge in [-0.3, -0.25) is 0 Å². The second-order valence-corrected chi connectivity index (χ2v) is 2.65. The molecular weight excluding hydrogens is 160 g/mol. The molecule has 1 aromatic rings. The lowest BCUT2D eigenvalue weighted by molar-refractivity contribution is 1.14. The molecule has 0 amide bonds. The minimum absolute atomic E-state index is 0.891. The van der Waals surface area contributed by atoms with Crippen molar-refractivity contribution in [1.29, 1.82) is 0 Å². The Morgan fingerprint density at radius 3 is 2.92 bits per heavy atom. The number of hydrogen-bond acceptors (Lipinski definition) is 1. The highest BCUT2D eigenvalue weighted by atomic mass is 14.9. The molecule has 1 heterocycles. The topological polar surface area (TPSA) is 28.7 Å². The van der Waals surface area contributed by atoms with Gasteiger partial charge in [-0.15, -0.1) is 6.42 Å². The van der Waals surface area contributed by atoms with E-state index in [1.807, 2.05) is 26.0 Å². The molecule has 0 unspecified atom stereocenters. The van der Waals surface area contributed by atoms with Gasteiger partial charge in [0.15, 0.2) is 0 Å². The van der Waals surface area contributed by atoms with E-state index in [-0.39, 0.29) is 0 Å². The fourth-order valence-electron chi connectivity index (χ4n) is 1.05. The van der Waals surface area contributed by atoms with Crippen LogP contribution in [-0.4, -0.2) is 9.97 Å². The first-order chi connectivity index (χ1) is 6.27. The number of nitrogens with zero attached hydrogens (tertiary/aromatic N) is 1. The van der Waals surface area contributed by atoms with Crippen molar-refractivity contribution in [1.82, 2.24) is 9.97 Å². The number of aromatic amines is 1. The fraction of sp³-hybridized carbons (Fsp3) is 0.182. The predicted molar refractivity (Wildman–Crippen MR) is 54.9 cm³/mol. The Hall–Kier alpha value is -1.75. The van der Waals surface area contributed by atoms with Gasteiger partial charge >= 0.3 is 0 Å². The van der Waals surface area contributed by atoms with Crippen LogP contribution >= 0.6 is 0 Å². The molecule has 0 spiro atoms. The Morgan fingerprint density at radius 1 is 1.69 bits per heavy atom. The van der Waals surface area contributed by atoms with Crippen LogP contribution in [0.1, 0.15) is 18.4 Å². The van der Waals surface area contributed by atoms with Crippen LogP contribution < -0.4 is 0 Å². The molecule has 0 atom stereocenters. The van der Waals surface area contributed by atoms with Gasteiger partial charge < -0.3 is 4.98 Å². The van der Waals surface area contributed by atoms with Crippen LogP contribution in [-0.2, 0) is 0 Å². The van der Waals surface area contributed by atoms with E-state index in [0.717, 1.165) is 17.1 Å². The standard InChI is InChI=1S/C11H12N2/c1-4-6-10(7-5-2)11-8-12-9(3)13-11/h1,5-8H,2-3H3,(H,12,13)/b7-5-,10-6+. The van der Waals surface area contributed by atoms with Crippen LogP contribution in [0.25, 0.3) is 5.57 Å². The third kappa shape index (κ3) is 2.34.